The molecule has 2 aromatic rings. The fourth-order valence-corrected chi connectivity index (χ4v) is 2.51. The molecule has 0 spiro atoms. The molecular formula is C11H15N3. The molecule has 3 heteroatoms. The summed E-state index contributed by atoms with van der Waals surface area (Å²) in [6.07, 6.45) is 7.24. The number of aromatic amines is 1. The minimum atomic E-state index is 0.641. The third kappa shape index (κ3) is 1.08. The molecule has 0 atom stereocenters. The van der Waals surface area contributed by atoms with Crippen LogP contribution in [0.5, 0.6) is 0 Å². The number of hydrogen-bond acceptors (Lipinski definition) is 1. The fraction of sp³-hybridized carbons (Fsp3) is 0.545. The first-order valence-corrected chi connectivity index (χ1v) is 5.37. The van der Waals surface area contributed by atoms with Gasteiger partial charge in [0.25, 0.3) is 0 Å². The summed E-state index contributed by atoms with van der Waals surface area (Å²) in [6, 6.07) is 2.84. The smallest absolute Gasteiger partial charge is 0.0865 e. The Labute approximate surface area is 83.1 Å². The second-order valence-corrected chi connectivity index (χ2v) is 4.28. The van der Waals surface area contributed by atoms with Crippen LogP contribution < -0.4 is 0 Å². The van der Waals surface area contributed by atoms with Gasteiger partial charge in [0.15, 0.2) is 0 Å². The van der Waals surface area contributed by atoms with Gasteiger partial charge in [-0.3, -0.25) is 4.68 Å². The zero-order valence-corrected chi connectivity index (χ0v) is 8.45. The molecule has 1 N–H and O–H groups in total. The molecule has 0 aliphatic heterocycles. The molecule has 0 aromatic carbocycles. The molecule has 1 fully saturated rings. The Morgan fingerprint density at radius 2 is 2.21 bits per heavy atom. The first-order valence-electron chi connectivity index (χ1n) is 5.37. The van der Waals surface area contributed by atoms with Crippen LogP contribution in [-0.2, 0) is 0 Å². The van der Waals surface area contributed by atoms with Gasteiger partial charge in [-0.2, -0.15) is 5.10 Å². The molecule has 1 saturated carbocycles. The highest BCUT2D eigenvalue weighted by molar-refractivity contribution is 5.76. The summed E-state index contributed by atoms with van der Waals surface area (Å²) in [5.41, 5.74) is 3.67. The predicted octanol–water partition coefficient (Wildman–Crippen LogP) is 2.79. The second-order valence-electron chi connectivity index (χ2n) is 4.28. The number of nitrogens with zero attached hydrogens (tertiary/aromatic N) is 2. The van der Waals surface area contributed by atoms with Crippen molar-refractivity contribution in [1.29, 1.82) is 0 Å². The zero-order valence-electron chi connectivity index (χ0n) is 8.45. The lowest BCUT2D eigenvalue weighted by atomic mass is 10.2. The summed E-state index contributed by atoms with van der Waals surface area (Å²) in [5.74, 6) is 0. The van der Waals surface area contributed by atoms with Gasteiger partial charge in [-0.15, -0.1) is 0 Å². The Kier molecular flexibility index (Phi) is 1.66. The molecule has 0 amide bonds. The van der Waals surface area contributed by atoms with Gasteiger partial charge in [0.1, 0.15) is 0 Å². The molecule has 14 heavy (non-hydrogen) atoms. The molecule has 0 saturated heterocycles. The molecule has 3 nitrogen and oxygen atoms in total. The number of H-pyrrole nitrogens is 1. The predicted molar refractivity (Wildman–Crippen MR) is 56.3 cm³/mol. The van der Waals surface area contributed by atoms with Crippen LogP contribution in [-0.4, -0.2) is 14.8 Å². The maximum absolute atomic E-state index is 4.46. The van der Waals surface area contributed by atoms with Gasteiger partial charge in [0.05, 0.1) is 23.3 Å². The minimum Gasteiger partial charge on any atom is -0.356 e. The number of rotatable bonds is 1. The average Bonchev–Trinajstić information content (AvgIpc) is 2.77. The molecular weight excluding hydrogens is 174 g/mol. The van der Waals surface area contributed by atoms with Crippen LogP contribution in [0.1, 0.15) is 37.4 Å². The summed E-state index contributed by atoms with van der Waals surface area (Å²) in [5, 5.41) is 4.46. The third-order valence-electron chi connectivity index (χ3n) is 3.19. The maximum atomic E-state index is 4.46. The van der Waals surface area contributed by atoms with Crippen LogP contribution in [0.4, 0.5) is 0 Å². The number of nitrogens with one attached hydrogen (secondary N) is 1. The standard InChI is InChI=1S/C11H15N3/c1-8-6-11-10(13-8)7-12-14(11)9-4-2-3-5-9/h6-7,9,13H,2-5H2,1H3. The quantitative estimate of drug-likeness (QED) is 0.735. The summed E-state index contributed by atoms with van der Waals surface area (Å²) in [7, 11) is 0. The van der Waals surface area contributed by atoms with Crippen molar-refractivity contribution in [1.82, 2.24) is 14.8 Å². The van der Waals surface area contributed by atoms with Gasteiger partial charge in [0, 0.05) is 5.69 Å². The number of aryl methyl sites for hydroxylation is 1. The van der Waals surface area contributed by atoms with Gasteiger partial charge in [-0.1, -0.05) is 12.8 Å². The zero-order chi connectivity index (χ0) is 9.54. The van der Waals surface area contributed by atoms with Crippen LogP contribution in [0.2, 0.25) is 0 Å². The van der Waals surface area contributed by atoms with Crippen molar-refractivity contribution in [3.05, 3.63) is 18.0 Å². The number of fused-ring (bicyclic) bond motifs is 1. The van der Waals surface area contributed by atoms with Crippen LogP contribution in [0, 0.1) is 6.92 Å². The van der Waals surface area contributed by atoms with Crippen molar-refractivity contribution in [2.45, 2.75) is 38.6 Å². The van der Waals surface area contributed by atoms with E-state index in [4.69, 9.17) is 0 Å². The summed E-state index contributed by atoms with van der Waals surface area (Å²) in [4.78, 5) is 3.32. The van der Waals surface area contributed by atoms with Crippen molar-refractivity contribution >= 4 is 11.0 Å². The average molecular weight is 189 g/mol. The third-order valence-corrected chi connectivity index (χ3v) is 3.19. The molecule has 3 rings (SSSR count). The maximum Gasteiger partial charge on any atom is 0.0865 e. The van der Waals surface area contributed by atoms with Gasteiger partial charge in [0.2, 0.25) is 0 Å². The Morgan fingerprint density at radius 3 is 3.00 bits per heavy atom. The van der Waals surface area contributed by atoms with E-state index in [1.807, 2.05) is 6.20 Å². The number of aromatic nitrogens is 3. The lowest BCUT2D eigenvalue weighted by molar-refractivity contribution is 0.482. The normalized spacial score (nSPS) is 18.4. The van der Waals surface area contributed by atoms with Gasteiger partial charge in [-0.05, 0) is 25.8 Å². The molecule has 2 aromatic heterocycles. The monoisotopic (exact) mass is 189 g/mol. The van der Waals surface area contributed by atoms with E-state index in [1.165, 1.54) is 42.4 Å². The van der Waals surface area contributed by atoms with Crippen molar-refractivity contribution < 1.29 is 0 Å². The Balaban J connectivity index is 2.10. The van der Waals surface area contributed by atoms with Crippen LogP contribution in [0.25, 0.3) is 11.0 Å². The van der Waals surface area contributed by atoms with E-state index in [2.05, 4.69) is 27.8 Å². The van der Waals surface area contributed by atoms with E-state index in [0.29, 0.717) is 6.04 Å². The van der Waals surface area contributed by atoms with Crippen molar-refractivity contribution in [2.24, 2.45) is 0 Å². The highest BCUT2D eigenvalue weighted by Crippen LogP contribution is 2.31. The molecule has 0 radical (unpaired) electrons. The topological polar surface area (TPSA) is 33.6 Å². The highest BCUT2D eigenvalue weighted by atomic mass is 15.3. The van der Waals surface area contributed by atoms with E-state index in [0.717, 1.165) is 0 Å². The van der Waals surface area contributed by atoms with Gasteiger partial charge >= 0.3 is 0 Å². The highest BCUT2D eigenvalue weighted by Gasteiger charge is 2.19. The van der Waals surface area contributed by atoms with Gasteiger partial charge < -0.3 is 4.98 Å². The van der Waals surface area contributed by atoms with Crippen molar-refractivity contribution in [3.8, 4) is 0 Å². The minimum absolute atomic E-state index is 0.641. The SMILES string of the molecule is Cc1cc2c(cnn2C2CCCC2)[nH]1. The van der Waals surface area contributed by atoms with E-state index in [9.17, 15) is 0 Å². The van der Waals surface area contributed by atoms with Gasteiger partial charge in [-0.25, -0.2) is 0 Å². The first-order chi connectivity index (χ1) is 6.84. The molecule has 1 aliphatic rings. The second kappa shape index (κ2) is 2.87. The van der Waals surface area contributed by atoms with E-state index in [1.54, 1.807) is 0 Å². The molecule has 2 heterocycles. The Hall–Kier alpha value is -1.25. The molecule has 0 unspecified atom stereocenters. The Bertz CT molecular complexity index is 446. The first kappa shape index (κ1) is 8.09. The lowest BCUT2D eigenvalue weighted by Crippen LogP contribution is -2.05. The molecule has 0 bridgehead atoms. The van der Waals surface area contributed by atoms with Crippen molar-refractivity contribution in [3.63, 3.8) is 0 Å². The number of hydrogen-bond donors (Lipinski definition) is 1. The van der Waals surface area contributed by atoms with E-state index >= 15 is 0 Å². The van der Waals surface area contributed by atoms with E-state index < -0.39 is 0 Å². The Morgan fingerprint density at radius 1 is 1.43 bits per heavy atom. The van der Waals surface area contributed by atoms with Crippen LogP contribution in [0.3, 0.4) is 0 Å². The summed E-state index contributed by atoms with van der Waals surface area (Å²) < 4.78 is 2.20. The summed E-state index contributed by atoms with van der Waals surface area (Å²) >= 11 is 0. The molecule has 1 aliphatic carbocycles. The fourth-order valence-electron chi connectivity index (χ4n) is 2.51. The van der Waals surface area contributed by atoms with Crippen molar-refractivity contribution in [2.75, 3.05) is 0 Å². The van der Waals surface area contributed by atoms with Crippen LogP contribution in [0.15, 0.2) is 12.3 Å². The summed E-state index contributed by atoms with van der Waals surface area (Å²) in [6.45, 7) is 2.10. The van der Waals surface area contributed by atoms with E-state index in [-0.39, 0.29) is 0 Å². The molecule has 74 valence electrons. The largest absolute Gasteiger partial charge is 0.356 e. The van der Waals surface area contributed by atoms with Crippen LogP contribution >= 0.6 is 0 Å². The lowest BCUT2D eigenvalue weighted by Gasteiger charge is -2.09.